The van der Waals surface area contributed by atoms with E-state index in [1.807, 2.05) is 0 Å². The summed E-state index contributed by atoms with van der Waals surface area (Å²) in [6, 6.07) is 0. The number of aryl methyl sites for hydroxylation is 1. The second kappa shape index (κ2) is 7.60. The summed E-state index contributed by atoms with van der Waals surface area (Å²) in [6.07, 6.45) is 11.8. The van der Waals surface area contributed by atoms with Gasteiger partial charge in [0, 0.05) is 5.41 Å². The topological polar surface area (TPSA) is 26.0 Å². The maximum Gasteiger partial charge on any atom is 0.181 e. The lowest BCUT2D eigenvalue weighted by Gasteiger charge is -2.28. The molecule has 0 bridgehead atoms. The third-order valence-electron chi connectivity index (χ3n) is 3.96. The lowest BCUT2D eigenvalue weighted by Crippen LogP contribution is -2.22. The second-order valence-corrected chi connectivity index (χ2v) is 5.74. The SMILES string of the molecule is CCCCCCC(C)(CCCC)c1ocnc1C. The van der Waals surface area contributed by atoms with E-state index in [1.165, 1.54) is 51.4 Å². The number of nitrogens with zero attached hydrogens (tertiary/aromatic N) is 1. The zero-order chi connectivity index (χ0) is 13.4. The van der Waals surface area contributed by atoms with Crippen molar-refractivity contribution in [1.29, 1.82) is 0 Å². The molecule has 1 aromatic heterocycles. The van der Waals surface area contributed by atoms with Gasteiger partial charge in [-0.3, -0.25) is 0 Å². The highest BCUT2D eigenvalue weighted by atomic mass is 16.3. The Morgan fingerprint density at radius 1 is 1.06 bits per heavy atom. The Labute approximate surface area is 112 Å². The van der Waals surface area contributed by atoms with Crippen LogP contribution in [0.4, 0.5) is 0 Å². The summed E-state index contributed by atoms with van der Waals surface area (Å²) in [7, 11) is 0. The fourth-order valence-electron chi connectivity index (χ4n) is 2.74. The molecular weight excluding hydrogens is 222 g/mol. The van der Waals surface area contributed by atoms with Gasteiger partial charge in [0.05, 0.1) is 5.69 Å². The van der Waals surface area contributed by atoms with E-state index in [0.717, 1.165) is 11.5 Å². The second-order valence-electron chi connectivity index (χ2n) is 5.74. The zero-order valence-corrected chi connectivity index (χ0v) is 12.6. The van der Waals surface area contributed by atoms with Gasteiger partial charge >= 0.3 is 0 Å². The molecule has 0 aliphatic heterocycles. The first-order chi connectivity index (χ1) is 8.64. The van der Waals surface area contributed by atoms with Crippen molar-refractivity contribution >= 4 is 0 Å². The Bertz CT molecular complexity index is 332. The summed E-state index contributed by atoms with van der Waals surface area (Å²) in [5.41, 5.74) is 1.26. The van der Waals surface area contributed by atoms with Crippen LogP contribution in [0.15, 0.2) is 10.8 Å². The third-order valence-corrected chi connectivity index (χ3v) is 3.96. The molecule has 104 valence electrons. The van der Waals surface area contributed by atoms with Crippen molar-refractivity contribution in [2.24, 2.45) is 0 Å². The van der Waals surface area contributed by atoms with Crippen LogP contribution in [0.5, 0.6) is 0 Å². The molecule has 1 heterocycles. The Kier molecular flexibility index (Phi) is 6.45. The monoisotopic (exact) mass is 251 g/mol. The molecule has 1 atom stereocenters. The van der Waals surface area contributed by atoms with Crippen LogP contribution in [-0.2, 0) is 5.41 Å². The molecule has 0 radical (unpaired) electrons. The molecule has 2 heteroatoms. The molecule has 0 spiro atoms. The van der Waals surface area contributed by atoms with Crippen LogP contribution in [-0.4, -0.2) is 4.98 Å². The van der Waals surface area contributed by atoms with Gasteiger partial charge in [-0.15, -0.1) is 0 Å². The summed E-state index contributed by atoms with van der Waals surface area (Å²) < 4.78 is 5.67. The first-order valence-corrected chi connectivity index (χ1v) is 7.54. The van der Waals surface area contributed by atoms with Crippen LogP contribution >= 0.6 is 0 Å². The van der Waals surface area contributed by atoms with Gasteiger partial charge < -0.3 is 4.42 Å². The Morgan fingerprint density at radius 2 is 1.72 bits per heavy atom. The highest BCUT2D eigenvalue weighted by molar-refractivity contribution is 5.16. The van der Waals surface area contributed by atoms with Crippen molar-refractivity contribution in [3.05, 3.63) is 17.8 Å². The standard InChI is InChI=1S/C16H29NO/c1-5-7-9-10-12-16(4,11-8-6-2)15-14(3)17-13-18-15/h13H,5-12H2,1-4H3. The van der Waals surface area contributed by atoms with Gasteiger partial charge in [0.1, 0.15) is 5.76 Å². The van der Waals surface area contributed by atoms with Gasteiger partial charge in [-0.1, -0.05) is 59.3 Å². The minimum Gasteiger partial charge on any atom is -0.448 e. The van der Waals surface area contributed by atoms with Crippen LogP contribution in [0.25, 0.3) is 0 Å². The molecule has 0 N–H and O–H groups in total. The lowest BCUT2D eigenvalue weighted by atomic mass is 9.77. The first kappa shape index (κ1) is 15.3. The van der Waals surface area contributed by atoms with E-state index in [9.17, 15) is 0 Å². The number of oxazole rings is 1. The summed E-state index contributed by atoms with van der Waals surface area (Å²) in [5, 5.41) is 0. The maximum atomic E-state index is 5.67. The Hall–Kier alpha value is -0.790. The van der Waals surface area contributed by atoms with E-state index in [2.05, 4.69) is 32.7 Å². The molecule has 1 aromatic rings. The maximum absolute atomic E-state index is 5.67. The van der Waals surface area contributed by atoms with E-state index in [0.29, 0.717) is 0 Å². The number of hydrogen-bond donors (Lipinski definition) is 0. The van der Waals surface area contributed by atoms with E-state index in [-0.39, 0.29) is 5.41 Å². The summed E-state index contributed by atoms with van der Waals surface area (Å²) in [5.74, 6) is 1.12. The fourth-order valence-corrected chi connectivity index (χ4v) is 2.74. The van der Waals surface area contributed by atoms with Crippen molar-refractivity contribution < 1.29 is 4.42 Å². The van der Waals surface area contributed by atoms with Crippen molar-refractivity contribution in [1.82, 2.24) is 4.98 Å². The van der Waals surface area contributed by atoms with Crippen LogP contribution in [0.3, 0.4) is 0 Å². The van der Waals surface area contributed by atoms with Crippen LogP contribution in [0, 0.1) is 6.92 Å². The predicted molar refractivity (Wildman–Crippen MR) is 76.9 cm³/mol. The van der Waals surface area contributed by atoms with Crippen molar-refractivity contribution in [3.63, 3.8) is 0 Å². The Morgan fingerprint density at radius 3 is 2.28 bits per heavy atom. The van der Waals surface area contributed by atoms with Gasteiger partial charge in [-0.2, -0.15) is 0 Å². The van der Waals surface area contributed by atoms with Gasteiger partial charge in [0.25, 0.3) is 0 Å². The van der Waals surface area contributed by atoms with E-state index >= 15 is 0 Å². The first-order valence-electron chi connectivity index (χ1n) is 7.54. The van der Waals surface area contributed by atoms with Crippen LogP contribution in [0.1, 0.15) is 83.6 Å². The molecular formula is C16H29NO. The van der Waals surface area contributed by atoms with Gasteiger partial charge in [-0.25, -0.2) is 4.98 Å². The summed E-state index contributed by atoms with van der Waals surface area (Å²) >= 11 is 0. The van der Waals surface area contributed by atoms with Gasteiger partial charge in [-0.05, 0) is 19.8 Å². The molecule has 18 heavy (non-hydrogen) atoms. The highest BCUT2D eigenvalue weighted by Gasteiger charge is 2.30. The van der Waals surface area contributed by atoms with Crippen molar-refractivity contribution in [2.75, 3.05) is 0 Å². The molecule has 0 amide bonds. The molecule has 0 aromatic carbocycles. The number of hydrogen-bond acceptors (Lipinski definition) is 2. The average Bonchev–Trinajstić information content (AvgIpc) is 2.79. The largest absolute Gasteiger partial charge is 0.448 e. The fraction of sp³-hybridized carbons (Fsp3) is 0.812. The highest BCUT2D eigenvalue weighted by Crippen LogP contribution is 2.36. The molecule has 0 saturated heterocycles. The quantitative estimate of drug-likeness (QED) is 0.549. The number of aromatic nitrogens is 1. The molecule has 0 saturated carbocycles. The summed E-state index contributed by atoms with van der Waals surface area (Å²) in [6.45, 7) is 8.93. The van der Waals surface area contributed by atoms with Crippen LogP contribution in [0.2, 0.25) is 0 Å². The van der Waals surface area contributed by atoms with Gasteiger partial charge in [0.2, 0.25) is 0 Å². The van der Waals surface area contributed by atoms with Crippen LogP contribution < -0.4 is 0 Å². The molecule has 2 nitrogen and oxygen atoms in total. The molecule has 1 unspecified atom stereocenters. The predicted octanol–water partition coefficient (Wildman–Crippen LogP) is 5.40. The normalized spacial score (nSPS) is 14.7. The minimum absolute atomic E-state index is 0.185. The third kappa shape index (κ3) is 4.15. The van der Waals surface area contributed by atoms with Crippen molar-refractivity contribution in [3.8, 4) is 0 Å². The van der Waals surface area contributed by atoms with Crippen molar-refractivity contribution in [2.45, 2.75) is 84.5 Å². The van der Waals surface area contributed by atoms with E-state index in [1.54, 1.807) is 6.39 Å². The minimum atomic E-state index is 0.185. The smallest absolute Gasteiger partial charge is 0.181 e. The molecule has 0 fully saturated rings. The molecule has 1 rings (SSSR count). The molecule has 0 aliphatic rings. The number of unbranched alkanes of at least 4 members (excludes halogenated alkanes) is 4. The molecule has 0 aliphatic carbocycles. The number of rotatable bonds is 9. The van der Waals surface area contributed by atoms with E-state index in [4.69, 9.17) is 4.42 Å². The van der Waals surface area contributed by atoms with Gasteiger partial charge in [0.15, 0.2) is 6.39 Å². The average molecular weight is 251 g/mol. The summed E-state index contributed by atoms with van der Waals surface area (Å²) in [4.78, 5) is 4.27. The lowest BCUT2D eigenvalue weighted by molar-refractivity contribution is 0.299. The Balaban J connectivity index is 2.66. The van der Waals surface area contributed by atoms with E-state index < -0.39 is 0 Å². The zero-order valence-electron chi connectivity index (χ0n) is 12.6.